The molecule has 19 heavy (non-hydrogen) atoms. The smallest absolute Gasteiger partial charge is 0.225 e. The van der Waals surface area contributed by atoms with Crippen LogP contribution in [0.3, 0.4) is 0 Å². The number of rotatable bonds is 3. The molecule has 2 rings (SSSR count). The Morgan fingerprint density at radius 1 is 1.21 bits per heavy atom. The van der Waals surface area contributed by atoms with E-state index in [-0.39, 0.29) is 17.6 Å². The fraction of sp³-hybridized carbons (Fsp3) is 0.533. The average Bonchev–Trinajstić information content (AvgIpc) is 2.46. The minimum absolute atomic E-state index is 0.109. The molecule has 1 aromatic rings. The molecule has 1 saturated heterocycles. The van der Waals surface area contributed by atoms with Crippen molar-refractivity contribution in [3.8, 4) is 0 Å². The van der Waals surface area contributed by atoms with Crippen LogP contribution in [0.25, 0.3) is 0 Å². The molecule has 3 nitrogen and oxygen atoms in total. The Bertz CT molecular complexity index is 424. The number of carbonyl (C=O) groups is 1. The van der Waals surface area contributed by atoms with Gasteiger partial charge in [-0.15, -0.1) is 0 Å². The lowest BCUT2D eigenvalue weighted by Crippen LogP contribution is -2.50. The Labute approximate surface area is 114 Å². The van der Waals surface area contributed by atoms with E-state index >= 15 is 0 Å². The number of hydrogen-bond donors (Lipinski definition) is 0. The highest BCUT2D eigenvalue weighted by Gasteiger charge is 2.23. The lowest BCUT2D eigenvalue weighted by molar-refractivity contribution is -0.135. The van der Waals surface area contributed by atoms with Gasteiger partial charge in [0.25, 0.3) is 0 Å². The van der Waals surface area contributed by atoms with E-state index in [9.17, 15) is 9.18 Å². The zero-order chi connectivity index (χ0) is 13.8. The first-order valence-electron chi connectivity index (χ1n) is 6.91. The standard InChI is InChI=1S/C15H21FN2O/c1-3-12(2)15(19)18-10-8-17(9-11-18)14-6-4-13(16)5-7-14/h4-7,12H,3,8-11H2,1-2H3/t12-/m1/s1. The van der Waals surface area contributed by atoms with Crippen molar-refractivity contribution in [3.05, 3.63) is 30.1 Å². The summed E-state index contributed by atoms with van der Waals surface area (Å²) in [4.78, 5) is 16.2. The lowest BCUT2D eigenvalue weighted by Gasteiger charge is -2.37. The second-order valence-corrected chi connectivity index (χ2v) is 5.10. The van der Waals surface area contributed by atoms with Crippen LogP contribution >= 0.6 is 0 Å². The zero-order valence-corrected chi connectivity index (χ0v) is 11.6. The number of benzene rings is 1. The van der Waals surface area contributed by atoms with Crippen molar-refractivity contribution in [3.63, 3.8) is 0 Å². The van der Waals surface area contributed by atoms with Crippen molar-refractivity contribution in [2.45, 2.75) is 20.3 Å². The number of nitrogens with zero attached hydrogens (tertiary/aromatic N) is 2. The van der Waals surface area contributed by atoms with Gasteiger partial charge < -0.3 is 9.80 Å². The molecular formula is C15H21FN2O. The molecule has 4 heteroatoms. The van der Waals surface area contributed by atoms with E-state index in [4.69, 9.17) is 0 Å². The summed E-state index contributed by atoms with van der Waals surface area (Å²) in [6.07, 6.45) is 0.886. The van der Waals surface area contributed by atoms with Gasteiger partial charge in [-0.25, -0.2) is 4.39 Å². The average molecular weight is 264 g/mol. The maximum absolute atomic E-state index is 12.9. The molecule has 1 aliphatic heterocycles. The van der Waals surface area contributed by atoms with Crippen LogP contribution in [0.4, 0.5) is 10.1 Å². The van der Waals surface area contributed by atoms with Crippen LogP contribution < -0.4 is 4.90 Å². The van der Waals surface area contributed by atoms with Crippen LogP contribution in [0.15, 0.2) is 24.3 Å². The number of halogens is 1. The molecule has 1 fully saturated rings. The first kappa shape index (κ1) is 13.8. The molecule has 1 heterocycles. The van der Waals surface area contributed by atoms with Gasteiger partial charge in [-0.3, -0.25) is 4.79 Å². The maximum Gasteiger partial charge on any atom is 0.225 e. The minimum Gasteiger partial charge on any atom is -0.368 e. The fourth-order valence-electron chi connectivity index (χ4n) is 2.32. The third-order valence-electron chi connectivity index (χ3n) is 3.82. The van der Waals surface area contributed by atoms with Gasteiger partial charge >= 0.3 is 0 Å². The molecule has 1 aliphatic rings. The van der Waals surface area contributed by atoms with Crippen molar-refractivity contribution in [1.82, 2.24) is 4.90 Å². The topological polar surface area (TPSA) is 23.6 Å². The summed E-state index contributed by atoms with van der Waals surface area (Å²) in [5.41, 5.74) is 1.03. The fourth-order valence-corrected chi connectivity index (χ4v) is 2.32. The third-order valence-corrected chi connectivity index (χ3v) is 3.82. The molecule has 1 atom stereocenters. The van der Waals surface area contributed by atoms with E-state index in [1.807, 2.05) is 18.7 Å². The molecule has 0 N–H and O–H groups in total. The second kappa shape index (κ2) is 6.04. The van der Waals surface area contributed by atoms with Gasteiger partial charge in [0.15, 0.2) is 0 Å². The molecule has 0 unspecified atom stereocenters. The molecule has 0 aliphatic carbocycles. The van der Waals surface area contributed by atoms with Crippen molar-refractivity contribution >= 4 is 11.6 Å². The van der Waals surface area contributed by atoms with Gasteiger partial charge in [-0.05, 0) is 30.7 Å². The van der Waals surface area contributed by atoms with Crippen molar-refractivity contribution in [2.75, 3.05) is 31.1 Å². The molecule has 0 bridgehead atoms. The number of hydrogen-bond acceptors (Lipinski definition) is 2. The van der Waals surface area contributed by atoms with Crippen molar-refractivity contribution in [2.24, 2.45) is 5.92 Å². The van der Waals surface area contributed by atoms with Gasteiger partial charge in [0.1, 0.15) is 5.82 Å². The largest absolute Gasteiger partial charge is 0.368 e. The quantitative estimate of drug-likeness (QED) is 0.837. The Balaban J connectivity index is 1.92. The van der Waals surface area contributed by atoms with E-state index < -0.39 is 0 Å². The number of anilines is 1. The van der Waals surface area contributed by atoms with Crippen LogP contribution in [-0.4, -0.2) is 37.0 Å². The Hall–Kier alpha value is -1.58. The van der Waals surface area contributed by atoms with Crippen LogP contribution in [0, 0.1) is 11.7 Å². The Morgan fingerprint density at radius 3 is 2.32 bits per heavy atom. The maximum atomic E-state index is 12.9. The summed E-state index contributed by atoms with van der Waals surface area (Å²) >= 11 is 0. The normalized spacial score (nSPS) is 17.4. The van der Waals surface area contributed by atoms with E-state index in [2.05, 4.69) is 4.90 Å². The number of piperazine rings is 1. The van der Waals surface area contributed by atoms with E-state index in [1.54, 1.807) is 12.1 Å². The lowest BCUT2D eigenvalue weighted by atomic mass is 10.1. The first-order valence-corrected chi connectivity index (χ1v) is 6.91. The SMILES string of the molecule is CC[C@@H](C)C(=O)N1CCN(c2ccc(F)cc2)CC1. The van der Waals surface area contributed by atoms with Gasteiger partial charge in [-0.1, -0.05) is 13.8 Å². The van der Waals surface area contributed by atoms with Gasteiger partial charge in [0.05, 0.1) is 0 Å². The highest BCUT2D eigenvalue weighted by atomic mass is 19.1. The summed E-state index contributed by atoms with van der Waals surface area (Å²) < 4.78 is 12.9. The van der Waals surface area contributed by atoms with Crippen LogP contribution in [0.5, 0.6) is 0 Å². The second-order valence-electron chi connectivity index (χ2n) is 5.10. The van der Waals surface area contributed by atoms with Gasteiger partial charge in [-0.2, -0.15) is 0 Å². The van der Waals surface area contributed by atoms with E-state index in [1.165, 1.54) is 12.1 Å². The molecule has 1 amide bonds. The molecule has 1 aromatic carbocycles. The van der Waals surface area contributed by atoms with Crippen LogP contribution in [0.2, 0.25) is 0 Å². The Kier molecular flexibility index (Phi) is 4.40. The predicted molar refractivity (Wildman–Crippen MR) is 74.6 cm³/mol. The Morgan fingerprint density at radius 2 is 1.79 bits per heavy atom. The summed E-state index contributed by atoms with van der Waals surface area (Å²) in [6, 6.07) is 6.54. The van der Waals surface area contributed by atoms with Crippen molar-refractivity contribution in [1.29, 1.82) is 0 Å². The zero-order valence-electron chi connectivity index (χ0n) is 11.6. The van der Waals surface area contributed by atoms with E-state index in [0.29, 0.717) is 0 Å². The predicted octanol–water partition coefficient (Wildman–Crippen LogP) is 2.52. The molecule has 0 aromatic heterocycles. The highest BCUT2D eigenvalue weighted by Crippen LogP contribution is 2.18. The molecule has 0 saturated carbocycles. The number of carbonyl (C=O) groups excluding carboxylic acids is 1. The molecule has 0 spiro atoms. The summed E-state index contributed by atoms with van der Waals surface area (Å²) in [6.45, 7) is 7.15. The molecule has 0 radical (unpaired) electrons. The third kappa shape index (κ3) is 3.25. The molecular weight excluding hydrogens is 243 g/mol. The minimum atomic E-state index is -0.214. The molecule has 104 valence electrons. The summed E-state index contributed by atoms with van der Waals surface area (Å²) in [5.74, 6) is 0.146. The summed E-state index contributed by atoms with van der Waals surface area (Å²) in [7, 11) is 0. The van der Waals surface area contributed by atoms with Crippen LogP contribution in [-0.2, 0) is 4.79 Å². The van der Waals surface area contributed by atoms with Crippen molar-refractivity contribution < 1.29 is 9.18 Å². The van der Waals surface area contributed by atoms with Crippen LogP contribution in [0.1, 0.15) is 20.3 Å². The first-order chi connectivity index (χ1) is 9.11. The number of amides is 1. The highest BCUT2D eigenvalue weighted by molar-refractivity contribution is 5.78. The van der Waals surface area contributed by atoms with E-state index in [0.717, 1.165) is 38.3 Å². The van der Waals surface area contributed by atoms with Gasteiger partial charge in [0.2, 0.25) is 5.91 Å². The summed E-state index contributed by atoms with van der Waals surface area (Å²) in [5, 5.41) is 0. The monoisotopic (exact) mass is 264 g/mol. The van der Waals surface area contributed by atoms with Gasteiger partial charge in [0, 0.05) is 37.8 Å².